The number of hydrogen-bond acceptors (Lipinski definition) is 4. The van der Waals surface area contributed by atoms with Crippen LogP contribution in [0.2, 0.25) is 0 Å². The topological polar surface area (TPSA) is 71.5 Å². The third-order valence-electron chi connectivity index (χ3n) is 5.56. The Morgan fingerprint density at radius 1 is 1.07 bits per heavy atom. The van der Waals surface area contributed by atoms with Gasteiger partial charge in [-0.1, -0.05) is 18.2 Å². The van der Waals surface area contributed by atoms with Crippen LogP contribution < -0.4 is 14.9 Å². The molecule has 1 aliphatic carbocycles. The van der Waals surface area contributed by atoms with Crippen molar-refractivity contribution in [1.82, 2.24) is 4.98 Å². The van der Waals surface area contributed by atoms with E-state index in [1.165, 1.54) is 0 Å². The number of rotatable bonds is 7. The van der Waals surface area contributed by atoms with Crippen LogP contribution in [0.5, 0.6) is 11.5 Å². The summed E-state index contributed by atoms with van der Waals surface area (Å²) in [6.45, 7) is 2.57. The molecule has 0 bridgehead atoms. The highest BCUT2D eigenvalue weighted by molar-refractivity contribution is 5.79. The molecular weight excluding hydrogens is 354 g/mol. The van der Waals surface area contributed by atoms with Gasteiger partial charge in [0.1, 0.15) is 18.1 Å². The smallest absolute Gasteiger partial charge is 0.192 e. The fraction of sp³-hybridized carbons (Fsp3) is 0.348. The molecule has 3 aromatic rings. The van der Waals surface area contributed by atoms with Crippen LogP contribution in [0.1, 0.15) is 36.9 Å². The number of benzene rings is 2. The first-order chi connectivity index (χ1) is 13.5. The Bertz CT molecular complexity index is 1040. The van der Waals surface area contributed by atoms with E-state index in [9.17, 15) is 9.90 Å². The lowest BCUT2D eigenvalue weighted by Crippen LogP contribution is -2.38. The summed E-state index contributed by atoms with van der Waals surface area (Å²) in [6, 6.07) is 14.9. The predicted molar refractivity (Wildman–Crippen MR) is 109 cm³/mol. The number of para-hydroxylation sites is 1. The molecule has 5 nitrogen and oxygen atoms in total. The normalized spacial score (nSPS) is 15.2. The molecule has 28 heavy (non-hydrogen) atoms. The van der Waals surface area contributed by atoms with E-state index < -0.39 is 5.60 Å². The van der Waals surface area contributed by atoms with Gasteiger partial charge in [-0.15, -0.1) is 0 Å². The lowest BCUT2D eigenvalue weighted by Gasteiger charge is -2.36. The van der Waals surface area contributed by atoms with Crippen molar-refractivity contribution >= 4 is 10.9 Å². The van der Waals surface area contributed by atoms with E-state index in [2.05, 4.69) is 4.98 Å². The molecule has 1 heterocycles. The highest BCUT2D eigenvalue weighted by Crippen LogP contribution is 2.34. The van der Waals surface area contributed by atoms with Gasteiger partial charge in [-0.05, 0) is 50.5 Å². The van der Waals surface area contributed by atoms with Gasteiger partial charge in [0, 0.05) is 29.0 Å². The molecule has 4 rings (SSSR count). The van der Waals surface area contributed by atoms with Crippen LogP contribution in [-0.2, 0) is 6.61 Å². The summed E-state index contributed by atoms with van der Waals surface area (Å²) in [6.07, 6.45) is 3.47. The van der Waals surface area contributed by atoms with Crippen LogP contribution >= 0.6 is 0 Å². The predicted octanol–water partition coefficient (Wildman–Crippen LogP) is 4.10. The van der Waals surface area contributed by atoms with Gasteiger partial charge in [-0.3, -0.25) is 4.79 Å². The van der Waals surface area contributed by atoms with E-state index in [1.807, 2.05) is 55.5 Å². The highest BCUT2D eigenvalue weighted by atomic mass is 16.5. The second-order valence-corrected chi connectivity index (χ2v) is 7.54. The molecule has 1 aromatic heterocycles. The third-order valence-corrected chi connectivity index (χ3v) is 5.56. The number of hydrogen-bond donors (Lipinski definition) is 2. The SMILES string of the molecule is Cc1c(COc2cccc(OCCC3(O)CCC3)c2)[nH]c2ccccc2c1=O. The second-order valence-electron chi connectivity index (χ2n) is 7.54. The Labute approximate surface area is 163 Å². The minimum atomic E-state index is -0.534. The molecule has 0 spiro atoms. The van der Waals surface area contributed by atoms with E-state index in [4.69, 9.17) is 9.47 Å². The van der Waals surface area contributed by atoms with Crippen molar-refractivity contribution in [1.29, 1.82) is 0 Å². The number of aromatic nitrogens is 1. The molecule has 2 N–H and O–H groups in total. The summed E-state index contributed by atoms with van der Waals surface area (Å²) >= 11 is 0. The van der Waals surface area contributed by atoms with Crippen molar-refractivity contribution in [2.75, 3.05) is 6.61 Å². The Hall–Kier alpha value is -2.79. The molecule has 1 saturated carbocycles. The highest BCUT2D eigenvalue weighted by Gasteiger charge is 2.33. The zero-order valence-corrected chi connectivity index (χ0v) is 16.0. The summed E-state index contributed by atoms with van der Waals surface area (Å²) < 4.78 is 11.7. The Kier molecular flexibility index (Phi) is 5.09. The van der Waals surface area contributed by atoms with Gasteiger partial charge >= 0.3 is 0 Å². The van der Waals surface area contributed by atoms with Crippen LogP contribution in [0, 0.1) is 6.92 Å². The summed E-state index contributed by atoms with van der Waals surface area (Å²) in [5.41, 5.74) is 1.73. The van der Waals surface area contributed by atoms with E-state index in [1.54, 1.807) is 0 Å². The minimum absolute atomic E-state index is 0.0268. The van der Waals surface area contributed by atoms with E-state index in [0.717, 1.165) is 30.5 Å². The summed E-state index contributed by atoms with van der Waals surface area (Å²) in [5.74, 6) is 1.39. The average Bonchev–Trinajstić information content (AvgIpc) is 2.69. The Morgan fingerprint density at radius 3 is 2.57 bits per heavy atom. The van der Waals surface area contributed by atoms with Gasteiger partial charge in [0.2, 0.25) is 0 Å². The average molecular weight is 379 g/mol. The minimum Gasteiger partial charge on any atom is -0.493 e. The first kappa shape index (κ1) is 18.6. The van der Waals surface area contributed by atoms with Crippen molar-refractivity contribution in [2.24, 2.45) is 0 Å². The summed E-state index contributed by atoms with van der Waals surface area (Å²) in [4.78, 5) is 15.8. The number of aromatic amines is 1. The number of pyridine rings is 1. The molecule has 1 aliphatic rings. The standard InChI is InChI=1S/C23H25NO4/c1-16-21(24-20-9-3-2-8-19(20)22(16)25)15-28-18-7-4-6-17(14-18)27-13-12-23(26)10-5-11-23/h2-4,6-9,14,26H,5,10-13,15H2,1H3,(H,24,25). The van der Waals surface area contributed by atoms with Gasteiger partial charge in [0.25, 0.3) is 0 Å². The van der Waals surface area contributed by atoms with Gasteiger partial charge < -0.3 is 19.6 Å². The third kappa shape index (κ3) is 3.90. The maximum atomic E-state index is 12.5. The molecule has 0 aliphatic heterocycles. The summed E-state index contributed by atoms with van der Waals surface area (Å²) in [5, 5.41) is 10.8. The molecular formula is C23H25NO4. The quantitative estimate of drug-likeness (QED) is 0.648. The number of nitrogens with one attached hydrogen (secondary N) is 1. The van der Waals surface area contributed by atoms with Crippen LogP contribution in [0.4, 0.5) is 0 Å². The number of aliphatic hydroxyl groups is 1. The lowest BCUT2D eigenvalue weighted by molar-refractivity contribution is -0.0482. The van der Waals surface area contributed by atoms with Crippen molar-refractivity contribution < 1.29 is 14.6 Å². The molecule has 0 amide bonds. The molecule has 1 fully saturated rings. The lowest BCUT2D eigenvalue weighted by atomic mass is 9.78. The van der Waals surface area contributed by atoms with E-state index >= 15 is 0 Å². The molecule has 0 radical (unpaired) electrons. The molecule has 0 saturated heterocycles. The molecule has 2 aromatic carbocycles. The van der Waals surface area contributed by atoms with Gasteiger partial charge in [-0.25, -0.2) is 0 Å². The maximum absolute atomic E-state index is 12.5. The van der Waals surface area contributed by atoms with Gasteiger partial charge in [0.05, 0.1) is 17.9 Å². The first-order valence-corrected chi connectivity index (χ1v) is 9.73. The van der Waals surface area contributed by atoms with Crippen LogP contribution in [-0.4, -0.2) is 22.3 Å². The fourth-order valence-corrected chi connectivity index (χ4v) is 3.53. The largest absolute Gasteiger partial charge is 0.493 e. The number of H-pyrrole nitrogens is 1. The summed E-state index contributed by atoms with van der Waals surface area (Å²) in [7, 11) is 0. The van der Waals surface area contributed by atoms with Crippen molar-refractivity contribution in [3.8, 4) is 11.5 Å². The molecule has 0 unspecified atom stereocenters. The Morgan fingerprint density at radius 2 is 1.82 bits per heavy atom. The number of fused-ring (bicyclic) bond motifs is 1. The molecule has 5 heteroatoms. The van der Waals surface area contributed by atoms with E-state index in [0.29, 0.717) is 35.5 Å². The fourth-order valence-electron chi connectivity index (χ4n) is 3.53. The van der Waals surface area contributed by atoms with Crippen LogP contribution in [0.15, 0.2) is 53.3 Å². The van der Waals surface area contributed by atoms with Gasteiger partial charge in [0.15, 0.2) is 5.43 Å². The van der Waals surface area contributed by atoms with Gasteiger partial charge in [-0.2, -0.15) is 0 Å². The monoisotopic (exact) mass is 379 g/mol. The number of ether oxygens (including phenoxy) is 2. The van der Waals surface area contributed by atoms with E-state index in [-0.39, 0.29) is 12.0 Å². The van der Waals surface area contributed by atoms with Crippen molar-refractivity contribution in [2.45, 2.75) is 44.8 Å². The maximum Gasteiger partial charge on any atom is 0.192 e. The van der Waals surface area contributed by atoms with Crippen molar-refractivity contribution in [3.05, 3.63) is 70.0 Å². The second kappa shape index (κ2) is 7.68. The first-order valence-electron chi connectivity index (χ1n) is 9.73. The Balaban J connectivity index is 1.41. The van der Waals surface area contributed by atoms with Crippen LogP contribution in [0.25, 0.3) is 10.9 Å². The molecule has 0 atom stereocenters. The van der Waals surface area contributed by atoms with Crippen molar-refractivity contribution in [3.63, 3.8) is 0 Å². The van der Waals surface area contributed by atoms with Crippen LogP contribution in [0.3, 0.4) is 0 Å². The zero-order chi connectivity index (χ0) is 19.6. The zero-order valence-electron chi connectivity index (χ0n) is 16.0. The molecule has 146 valence electrons.